The van der Waals surface area contributed by atoms with Gasteiger partial charge in [0.2, 0.25) is 0 Å². The van der Waals surface area contributed by atoms with E-state index in [0.29, 0.717) is 12.1 Å². The number of aromatic amines is 1. The monoisotopic (exact) mass is 285 g/mol. The van der Waals surface area contributed by atoms with Crippen molar-refractivity contribution in [3.63, 3.8) is 0 Å². The molecule has 1 aromatic heterocycles. The van der Waals surface area contributed by atoms with Crippen LogP contribution >= 0.6 is 0 Å². The Morgan fingerprint density at radius 3 is 2.71 bits per heavy atom. The van der Waals surface area contributed by atoms with Gasteiger partial charge in [0.25, 0.3) is 5.91 Å². The highest BCUT2D eigenvalue weighted by Crippen LogP contribution is 2.24. The fourth-order valence-corrected chi connectivity index (χ4v) is 3.30. The van der Waals surface area contributed by atoms with Gasteiger partial charge in [0.1, 0.15) is 0 Å². The van der Waals surface area contributed by atoms with E-state index in [1.807, 2.05) is 49.5 Å². The highest BCUT2D eigenvalue weighted by Gasteiger charge is 2.26. The van der Waals surface area contributed by atoms with Crippen molar-refractivity contribution >= 4 is 16.8 Å². The molecular weight excluding hydrogens is 262 g/mol. The number of carbonyl (C=O) groups excluding carboxylic acids is 1. The van der Waals surface area contributed by atoms with Crippen LogP contribution in [0.5, 0.6) is 0 Å². The minimum absolute atomic E-state index is 0.124. The summed E-state index contributed by atoms with van der Waals surface area (Å²) < 4.78 is 0. The van der Waals surface area contributed by atoms with Gasteiger partial charge in [-0.25, -0.2) is 0 Å². The minimum atomic E-state index is 0.124. The summed E-state index contributed by atoms with van der Waals surface area (Å²) in [5.74, 6) is 0.124. The molecule has 4 nitrogen and oxygen atoms in total. The maximum absolute atomic E-state index is 12.7. The summed E-state index contributed by atoms with van der Waals surface area (Å²) in [5.41, 5.74) is 1.79. The van der Waals surface area contributed by atoms with Crippen LogP contribution in [0.4, 0.5) is 0 Å². The van der Waals surface area contributed by atoms with Gasteiger partial charge in [-0.3, -0.25) is 4.79 Å². The van der Waals surface area contributed by atoms with Crippen molar-refractivity contribution < 1.29 is 4.79 Å². The second-order valence-electron chi connectivity index (χ2n) is 5.99. The number of amides is 1. The second-order valence-corrected chi connectivity index (χ2v) is 5.99. The van der Waals surface area contributed by atoms with E-state index in [-0.39, 0.29) is 5.91 Å². The van der Waals surface area contributed by atoms with E-state index in [1.165, 1.54) is 0 Å². The van der Waals surface area contributed by atoms with Crippen LogP contribution in [0.15, 0.2) is 30.5 Å². The lowest BCUT2D eigenvalue weighted by atomic mass is 9.90. The quantitative estimate of drug-likeness (QED) is 0.911. The SMILES string of the molecule is CNC1CCC(N(C)C(=O)c2ccc3cc[nH]c3c2)CC1. The van der Waals surface area contributed by atoms with Crippen molar-refractivity contribution in [2.24, 2.45) is 0 Å². The van der Waals surface area contributed by atoms with Crippen molar-refractivity contribution in [1.29, 1.82) is 0 Å². The molecule has 2 N–H and O–H groups in total. The lowest BCUT2D eigenvalue weighted by Gasteiger charge is -2.34. The predicted molar refractivity (Wildman–Crippen MR) is 85.5 cm³/mol. The zero-order chi connectivity index (χ0) is 14.8. The summed E-state index contributed by atoms with van der Waals surface area (Å²) in [4.78, 5) is 17.8. The first kappa shape index (κ1) is 14.1. The fraction of sp³-hybridized carbons (Fsp3) is 0.471. The van der Waals surface area contributed by atoms with Gasteiger partial charge in [0.05, 0.1) is 0 Å². The van der Waals surface area contributed by atoms with E-state index in [4.69, 9.17) is 0 Å². The topological polar surface area (TPSA) is 48.1 Å². The van der Waals surface area contributed by atoms with Gasteiger partial charge in [-0.05, 0) is 56.3 Å². The number of aromatic nitrogens is 1. The van der Waals surface area contributed by atoms with E-state index >= 15 is 0 Å². The molecule has 0 atom stereocenters. The van der Waals surface area contributed by atoms with Crippen LogP contribution in [0.3, 0.4) is 0 Å². The summed E-state index contributed by atoms with van der Waals surface area (Å²) >= 11 is 0. The van der Waals surface area contributed by atoms with E-state index in [2.05, 4.69) is 10.3 Å². The molecule has 1 amide bonds. The zero-order valence-electron chi connectivity index (χ0n) is 12.7. The summed E-state index contributed by atoms with van der Waals surface area (Å²) in [6.07, 6.45) is 6.36. The number of nitrogens with zero attached hydrogens (tertiary/aromatic N) is 1. The average Bonchev–Trinajstić information content (AvgIpc) is 3.01. The standard InChI is InChI=1S/C17H23N3O/c1-18-14-5-7-15(8-6-14)20(2)17(21)13-4-3-12-9-10-19-16(12)11-13/h3-4,9-11,14-15,18-19H,5-8H2,1-2H3. The summed E-state index contributed by atoms with van der Waals surface area (Å²) in [5, 5.41) is 4.48. The molecule has 1 aliphatic rings. The highest BCUT2D eigenvalue weighted by atomic mass is 16.2. The molecule has 0 radical (unpaired) electrons. The number of rotatable bonds is 3. The molecule has 1 fully saturated rings. The van der Waals surface area contributed by atoms with Gasteiger partial charge >= 0.3 is 0 Å². The molecule has 1 aliphatic carbocycles. The Labute approximate surface area is 125 Å². The Balaban J connectivity index is 1.72. The molecule has 1 saturated carbocycles. The normalized spacial score (nSPS) is 22.4. The number of H-pyrrole nitrogens is 1. The number of hydrogen-bond donors (Lipinski definition) is 2. The van der Waals surface area contributed by atoms with Crippen LogP contribution in [0, 0.1) is 0 Å². The molecule has 0 bridgehead atoms. The van der Waals surface area contributed by atoms with Crippen LogP contribution in [0.25, 0.3) is 10.9 Å². The molecule has 0 saturated heterocycles. The van der Waals surface area contributed by atoms with E-state index in [9.17, 15) is 4.79 Å². The summed E-state index contributed by atoms with van der Waals surface area (Å²) in [6.45, 7) is 0. The highest BCUT2D eigenvalue weighted by molar-refractivity contribution is 5.97. The number of carbonyl (C=O) groups is 1. The zero-order valence-corrected chi connectivity index (χ0v) is 12.7. The van der Waals surface area contributed by atoms with Crippen LogP contribution in [-0.2, 0) is 0 Å². The first-order chi connectivity index (χ1) is 10.2. The molecule has 0 aliphatic heterocycles. The van der Waals surface area contributed by atoms with Gasteiger partial charge in [0.15, 0.2) is 0 Å². The van der Waals surface area contributed by atoms with Crippen molar-refractivity contribution in [1.82, 2.24) is 15.2 Å². The molecule has 1 heterocycles. The maximum Gasteiger partial charge on any atom is 0.253 e. The average molecular weight is 285 g/mol. The van der Waals surface area contributed by atoms with Crippen molar-refractivity contribution in [2.45, 2.75) is 37.8 Å². The van der Waals surface area contributed by atoms with Crippen molar-refractivity contribution in [3.8, 4) is 0 Å². The predicted octanol–water partition coefficient (Wildman–Crippen LogP) is 2.77. The van der Waals surface area contributed by atoms with Gasteiger partial charge < -0.3 is 15.2 Å². The first-order valence-corrected chi connectivity index (χ1v) is 7.70. The molecule has 0 spiro atoms. The maximum atomic E-state index is 12.7. The molecule has 4 heteroatoms. The Morgan fingerprint density at radius 1 is 1.24 bits per heavy atom. The second kappa shape index (κ2) is 5.90. The molecule has 2 aromatic rings. The summed E-state index contributed by atoms with van der Waals surface area (Å²) in [6, 6.07) is 8.88. The van der Waals surface area contributed by atoms with Crippen LogP contribution in [-0.4, -0.2) is 42.0 Å². The largest absolute Gasteiger partial charge is 0.361 e. The molecule has 112 valence electrons. The number of hydrogen-bond acceptors (Lipinski definition) is 2. The van der Waals surface area contributed by atoms with Gasteiger partial charge in [-0.1, -0.05) is 6.07 Å². The molecule has 3 rings (SSSR count). The Hall–Kier alpha value is -1.81. The lowest BCUT2D eigenvalue weighted by Crippen LogP contribution is -2.42. The van der Waals surface area contributed by atoms with Gasteiger partial charge in [-0.2, -0.15) is 0 Å². The molecular formula is C17H23N3O. The first-order valence-electron chi connectivity index (χ1n) is 7.70. The smallest absolute Gasteiger partial charge is 0.253 e. The minimum Gasteiger partial charge on any atom is -0.361 e. The van der Waals surface area contributed by atoms with Crippen LogP contribution < -0.4 is 5.32 Å². The third-order valence-corrected chi connectivity index (χ3v) is 4.77. The number of nitrogens with one attached hydrogen (secondary N) is 2. The van der Waals surface area contributed by atoms with Gasteiger partial charge in [-0.15, -0.1) is 0 Å². The fourth-order valence-electron chi connectivity index (χ4n) is 3.30. The molecule has 21 heavy (non-hydrogen) atoms. The van der Waals surface area contributed by atoms with Crippen LogP contribution in [0.2, 0.25) is 0 Å². The Bertz CT molecular complexity index is 626. The van der Waals surface area contributed by atoms with E-state index in [0.717, 1.165) is 42.1 Å². The van der Waals surface area contributed by atoms with Crippen molar-refractivity contribution in [3.05, 3.63) is 36.0 Å². The van der Waals surface area contributed by atoms with Crippen LogP contribution in [0.1, 0.15) is 36.0 Å². The third kappa shape index (κ3) is 2.81. The van der Waals surface area contributed by atoms with Crippen molar-refractivity contribution in [2.75, 3.05) is 14.1 Å². The Kier molecular flexibility index (Phi) is 3.97. The Morgan fingerprint density at radius 2 is 2.00 bits per heavy atom. The van der Waals surface area contributed by atoms with E-state index in [1.54, 1.807) is 0 Å². The third-order valence-electron chi connectivity index (χ3n) is 4.77. The summed E-state index contributed by atoms with van der Waals surface area (Å²) in [7, 11) is 3.96. The molecule has 0 unspecified atom stereocenters. The number of fused-ring (bicyclic) bond motifs is 1. The molecule has 1 aromatic carbocycles. The lowest BCUT2D eigenvalue weighted by molar-refractivity contribution is 0.0686. The van der Waals surface area contributed by atoms with E-state index < -0.39 is 0 Å². The number of benzene rings is 1. The van der Waals surface area contributed by atoms with Gasteiger partial charge in [0, 0.05) is 36.4 Å².